The number of benzene rings is 3. The van der Waals surface area contributed by atoms with E-state index < -0.39 is 12.1 Å². The van der Waals surface area contributed by atoms with E-state index >= 15 is 0 Å². The van der Waals surface area contributed by atoms with Crippen LogP contribution in [0, 0.1) is 0 Å². The summed E-state index contributed by atoms with van der Waals surface area (Å²) >= 11 is 6.36. The second-order valence-corrected chi connectivity index (χ2v) is 7.92. The maximum atomic E-state index is 13.1. The van der Waals surface area contributed by atoms with Crippen LogP contribution in [0.4, 0.5) is 0 Å². The number of carbonyl (C=O) groups excluding carboxylic acids is 2. The topological polar surface area (TPSA) is 56.3 Å². The zero-order valence-corrected chi connectivity index (χ0v) is 18.6. The van der Waals surface area contributed by atoms with Gasteiger partial charge in [-0.3, -0.25) is 4.79 Å². The molecule has 0 amide bonds. The number of esters is 1. The molecule has 0 spiro atoms. The molecule has 0 saturated heterocycles. The van der Waals surface area contributed by atoms with Crippen LogP contribution in [0.3, 0.4) is 0 Å². The Labute approximate surface area is 191 Å². The number of hydrogen-bond acceptors (Lipinski definition) is 4. The Bertz CT molecular complexity index is 1300. The Morgan fingerprint density at radius 3 is 2.38 bits per heavy atom. The van der Waals surface area contributed by atoms with Crippen LogP contribution in [0.25, 0.3) is 22.2 Å². The molecule has 4 nitrogen and oxygen atoms in total. The number of ketones is 1. The summed E-state index contributed by atoms with van der Waals surface area (Å²) < 4.78 is 5.59. The first kappa shape index (κ1) is 21.7. The number of rotatable bonds is 6. The summed E-state index contributed by atoms with van der Waals surface area (Å²) in [5, 5.41) is 1.19. The highest BCUT2D eigenvalue weighted by Gasteiger charge is 2.23. The maximum absolute atomic E-state index is 13.1. The van der Waals surface area contributed by atoms with Gasteiger partial charge in [0.15, 0.2) is 6.10 Å². The van der Waals surface area contributed by atoms with E-state index in [0.29, 0.717) is 38.3 Å². The van der Waals surface area contributed by atoms with Crippen molar-refractivity contribution in [2.75, 3.05) is 0 Å². The zero-order chi connectivity index (χ0) is 22.7. The number of nitrogens with zero attached hydrogens (tertiary/aromatic N) is 1. The van der Waals surface area contributed by atoms with E-state index in [1.54, 1.807) is 31.2 Å². The van der Waals surface area contributed by atoms with Gasteiger partial charge in [-0.25, -0.2) is 9.78 Å². The summed E-state index contributed by atoms with van der Waals surface area (Å²) in [7, 11) is 0. The predicted molar refractivity (Wildman–Crippen MR) is 127 cm³/mol. The molecule has 1 unspecified atom stereocenters. The van der Waals surface area contributed by atoms with Crippen molar-refractivity contribution in [2.24, 2.45) is 0 Å². The highest BCUT2D eigenvalue weighted by atomic mass is 35.5. The Morgan fingerprint density at radius 2 is 1.66 bits per heavy atom. The van der Waals surface area contributed by atoms with Crippen LogP contribution in [0.1, 0.15) is 40.1 Å². The highest BCUT2D eigenvalue weighted by molar-refractivity contribution is 6.33. The molecule has 4 aromatic rings. The van der Waals surface area contributed by atoms with Crippen LogP contribution in [-0.4, -0.2) is 22.8 Å². The lowest BCUT2D eigenvalue weighted by molar-refractivity contribution is 0.0320. The minimum Gasteiger partial charge on any atom is -0.451 e. The first-order chi connectivity index (χ1) is 15.5. The standard InChI is InChI=1S/C27H22ClNO3/c1-3-18-12-14-19(15-13-18)26(30)17(2)32-27(31)22-16-25(21-9-4-6-10-23(21)28)29-24-11-7-5-8-20(22)24/h4-17H,3H2,1-2H3. The largest absolute Gasteiger partial charge is 0.451 e. The normalized spacial score (nSPS) is 11.8. The van der Waals surface area contributed by atoms with E-state index in [9.17, 15) is 9.59 Å². The molecule has 1 atom stereocenters. The summed E-state index contributed by atoms with van der Waals surface area (Å²) in [6, 6.07) is 23.7. The van der Waals surface area contributed by atoms with Crippen molar-refractivity contribution < 1.29 is 14.3 Å². The number of pyridine rings is 1. The molecule has 160 valence electrons. The number of ether oxygens (including phenoxy) is 1. The van der Waals surface area contributed by atoms with Crippen LogP contribution in [-0.2, 0) is 11.2 Å². The molecule has 0 fully saturated rings. The van der Waals surface area contributed by atoms with Crippen LogP contribution < -0.4 is 0 Å². The zero-order valence-electron chi connectivity index (χ0n) is 17.8. The lowest BCUT2D eigenvalue weighted by Gasteiger charge is -2.15. The van der Waals surface area contributed by atoms with Crippen molar-refractivity contribution in [3.8, 4) is 11.3 Å². The number of aryl methyl sites for hydroxylation is 1. The van der Waals surface area contributed by atoms with Crippen molar-refractivity contribution in [3.63, 3.8) is 0 Å². The van der Waals surface area contributed by atoms with Gasteiger partial charge in [0.25, 0.3) is 0 Å². The van der Waals surface area contributed by atoms with Gasteiger partial charge < -0.3 is 4.74 Å². The molecule has 3 aromatic carbocycles. The molecule has 0 aliphatic carbocycles. The number of fused-ring (bicyclic) bond motifs is 1. The summed E-state index contributed by atoms with van der Waals surface area (Å²) in [6.45, 7) is 3.64. The monoisotopic (exact) mass is 443 g/mol. The number of carbonyl (C=O) groups is 2. The Balaban J connectivity index is 1.66. The van der Waals surface area contributed by atoms with Gasteiger partial charge >= 0.3 is 5.97 Å². The minimum atomic E-state index is -0.925. The fraction of sp³-hybridized carbons (Fsp3) is 0.148. The predicted octanol–water partition coefficient (Wildman–Crippen LogP) is 6.55. The van der Waals surface area contributed by atoms with E-state index in [2.05, 4.69) is 11.9 Å². The lowest BCUT2D eigenvalue weighted by Crippen LogP contribution is -2.24. The molecule has 32 heavy (non-hydrogen) atoms. The average Bonchev–Trinajstić information content (AvgIpc) is 2.83. The van der Waals surface area contributed by atoms with E-state index in [1.807, 2.05) is 54.6 Å². The molecule has 4 rings (SSSR count). The molecule has 0 radical (unpaired) electrons. The van der Waals surface area contributed by atoms with Gasteiger partial charge in [0.1, 0.15) is 0 Å². The highest BCUT2D eigenvalue weighted by Crippen LogP contribution is 2.30. The summed E-state index contributed by atoms with van der Waals surface area (Å²) in [6.07, 6.45) is -0.0345. The molecule has 1 aromatic heterocycles. The van der Waals surface area contributed by atoms with Gasteiger partial charge in [0.05, 0.1) is 16.8 Å². The molecular weight excluding hydrogens is 422 g/mol. The lowest BCUT2D eigenvalue weighted by atomic mass is 10.0. The van der Waals surface area contributed by atoms with E-state index in [1.165, 1.54) is 0 Å². The second-order valence-electron chi connectivity index (χ2n) is 7.51. The second kappa shape index (κ2) is 9.33. The Kier molecular flexibility index (Phi) is 6.33. The third-order valence-corrected chi connectivity index (χ3v) is 5.72. The molecule has 5 heteroatoms. The third-order valence-electron chi connectivity index (χ3n) is 5.39. The van der Waals surface area contributed by atoms with Gasteiger partial charge in [-0.2, -0.15) is 0 Å². The van der Waals surface area contributed by atoms with Crippen LogP contribution >= 0.6 is 11.6 Å². The fourth-order valence-corrected chi connectivity index (χ4v) is 3.80. The fourth-order valence-electron chi connectivity index (χ4n) is 3.57. The van der Waals surface area contributed by atoms with Gasteiger partial charge in [0.2, 0.25) is 5.78 Å². The number of Topliss-reactive ketones (excluding diaryl/α,β-unsaturated/α-hetero) is 1. The Hall–Kier alpha value is -3.50. The maximum Gasteiger partial charge on any atom is 0.339 e. The SMILES string of the molecule is CCc1ccc(C(=O)C(C)OC(=O)c2cc(-c3ccccc3Cl)nc3ccccc23)cc1. The number of aromatic nitrogens is 1. The van der Waals surface area contributed by atoms with Crippen molar-refractivity contribution in [1.29, 1.82) is 0 Å². The van der Waals surface area contributed by atoms with Crippen molar-refractivity contribution in [1.82, 2.24) is 4.98 Å². The van der Waals surface area contributed by atoms with Gasteiger partial charge in [-0.15, -0.1) is 0 Å². The molecule has 0 aliphatic heterocycles. The summed E-state index contributed by atoms with van der Waals surface area (Å²) in [5.74, 6) is -0.825. The number of hydrogen-bond donors (Lipinski definition) is 0. The molecule has 0 aliphatic rings. The van der Waals surface area contributed by atoms with Gasteiger partial charge in [-0.1, -0.05) is 79.2 Å². The molecule has 0 N–H and O–H groups in total. The molecule has 0 saturated carbocycles. The summed E-state index contributed by atoms with van der Waals surface area (Å²) in [4.78, 5) is 30.6. The first-order valence-corrected chi connectivity index (χ1v) is 10.8. The Morgan fingerprint density at radius 1 is 0.969 bits per heavy atom. The van der Waals surface area contributed by atoms with Crippen molar-refractivity contribution in [3.05, 3.63) is 101 Å². The van der Waals surface area contributed by atoms with Crippen LogP contribution in [0.2, 0.25) is 5.02 Å². The molecule has 1 heterocycles. The first-order valence-electron chi connectivity index (χ1n) is 10.5. The van der Waals surface area contributed by atoms with E-state index in [4.69, 9.17) is 16.3 Å². The quantitative estimate of drug-likeness (QED) is 0.250. The third kappa shape index (κ3) is 4.41. The minimum absolute atomic E-state index is 0.245. The number of halogens is 1. The van der Waals surface area contributed by atoms with Crippen molar-refractivity contribution in [2.45, 2.75) is 26.4 Å². The smallest absolute Gasteiger partial charge is 0.339 e. The van der Waals surface area contributed by atoms with Crippen molar-refractivity contribution >= 4 is 34.3 Å². The average molecular weight is 444 g/mol. The van der Waals surface area contributed by atoms with E-state index in [-0.39, 0.29) is 5.78 Å². The van der Waals surface area contributed by atoms with Crippen LogP contribution in [0.15, 0.2) is 78.9 Å². The van der Waals surface area contributed by atoms with E-state index in [0.717, 1.165) is 12.0 Å². The summed E-state index contributed by atoms with van der Waals surface area (Å²) in [5.41, 5.74) is 3.92. The van der Waals surface area contributed by atoms with Gasteiger partial charge in [0, 0.05) is 21.5 Å². The molecular formula is C27H22ClNO3. The molecule has 0 bridgehead atoms. The van der Waals surface area contributed by atoms with Crippen LogP contribution in [0.5, 0.6) is 0 Å². The van der Waals surface area contributed by atoms with Gasteiger partial charge in [-0.05, 0) is 37.1 Å². The number of para-hydroxylation sites is 1.